The third-order valence-electron chi connectivity index (χ3n) is 3.20. The van der Waals surface area contributed by atoms with Crippen LogP contribution in [0.5, 0.6) is 5.75 Å². The van der Waals surface area contributed by atoms with Gasteiger partial charge < -0.3 is 14.3 Å². The van der Waals surface area contributed by atoms with Crippen molar-refractivity contribution in [3.8, 4) is 5.75 Å². The van der Waals surface area contributed by atoms with Crippen LogP contribution in [0.2, 0.25) is 0 Å². The average Bonchev–Trinajstić information content (AvgIpc) is 2.29. The molecule has 0 aliphatic carbocycles. The quantitative estimate of drug-likeness (QED) is 0.578. The van der Waals surface area contributed by atoms with E-state index in [1.165, 1.54) is 19.3 Å². The first-order valence-electron chi connectivity index (χ1n) is 6.42. The second-order valence-electron chi connectivity index (χ2n) is 5.18. The van der Waals surface area contributed by atoms with E-state index in [-0.39, 0.29) is 5.41 Å². The van der Waals surface area contributed by atoms with Gasteiger partial charge in [-0.05, 0) is 17.9 Å². The van der Waals surface area contributed by atoms with Crippen molar-refractivity contribution in [1.82, 2.24) is 0 Å². The Morgan fingerprint density at radius 3 is 2.44 bits per heavy atom. The van der Waals surface area contributed by atoms with Gasteiger partial charge in [-0.2, -0.15) is 0 Å². The fraction of sp³-hybridized carbons (Fsp3) is 0.571. The van der Waals surface area contributed by atoms with Gasteiger partial charge in [0.1, 0.15) is 5.75 Å². The number of benzene rings is 1. The monoisotopic (exact) mass is 270 g/mol. The summed E-state index contributed by atoms with van der Waals surface area (Å²) in [6, 6.07) is 7.60. The molecule has 0 heterocycles. The van der Waals surface area contributed by atoms with E-state index in [1.807, 2.05) is 18.2 Å². The Morgan fingerprint density at radius 2 is 1.83 bits per heavy atom. The van der Waals surface area contributed by atoms with E-state index in [1.54, 1.807) is 6.07 Å². The number of hydrogen-bond acceptors (Lipinski definition) is 3. The molecule has 0 fully saturated rings. The van der Waals surface area contributed by atoms with Crippen molar-refractivity contribution in [3.63, 3.8) is 0 Å². The van der Waals surface area contributed by atoms with E-state index in [0.717, 1.165) is 12.0 Å². The third-order valence-corrected chi connectivity index (χ3v) is 3.56. The van der Waals surface area contributed by atoms with Crippen LogP contribution in [0.15, 0.2) is 24.3 Å². The third kappa shape index (κ3) is 4.56. The smallest absolute Gasteiger partial charge is 0.391 e. The molecule has 0 radical (unpaired) electrons. The maximum Gasteiger partial charge on any atom is 0.391 e. The molecule has 0 unspecified atom stereocenters. The summed E-state index contributed by atoms with van der Waals surface area (Å²) >= 11 is 0. The molecule has 0 saturated heterocycles. The van der Waals surface area contributed by atoms with Gasteiger partial charge in [-0.25, -0.2) is 0 Å². The van der Waals surface area contributed by atoms with Gasteiger partial charge in [-0.3, -0.25) is 0 Å². The van der Waals surface area contributed by atoms with Gasteiger partial charge in [0, 0.05) is 5.56 Å². The molecule has 1 rings (SSSR count). The van der Waals surface area contributed by atoms with Crippen LogP contribution in [0.25, 0.3) is 0 Å². The van der Waals surface area contributed by atoms with Crippen LogP contribution in [0.1, 0.15) is 52.0 Å². The van der Waals surface area contributed by atoms with E-state index < -0.39 is 8.60 Å². The second-order valence-corrected chi connectivity index (χ2v) is 5.87. The van der Waals surface area contributed by atoms with Crippen LogP contribution in [0.4, 0.5) is 0 Å². The molecule has 0 aromatic heterocycles. The first kappa shape index (κ1) is 15.4. The normalized spacial score (nSPS) is 11.9. The largest absolute Gasteiger partial charge is 0.427 e. The second kappa shape index (κ2) is 7.08. The molecule has 0 amide bonds. The summed E-state index contributed by atoms with van der Waals surface area (Å²) in [5.41, 5.74) is 1.02. The lowest BCUT2D eigenvalue weighted by Gasteiger charge is -2.27. The molecule has 0 aliphatic rings. The average molecular weight is 270 g/mol. The molecule has 1 aromatic rings. The Morgan fingerprint density at radius 1 is 1.17 bits per heavy atom. The predicted octanol–water partition coefficient (Wildman–Crippen LogP) is 4.13. The molecule has 4 heteroatoms. The van der Waals surface area contributed by atoms with Crippen molar-refractivity contribution >= 4 is 8.60 Å². The van der Waals surface area contributed by atoms with Gasteiger partial charge in [-0.1, -0.05) is 58.2 Å². The topological polar surface area (TPSA) is 49.7 Å². The lowest BCUT2D eigenvalue weighted by molar-refractivity contribution is 0.364. The van der Waals surface area contributed by atoms with E-state index in [4.69, 9.17) is 14.3 Å². The predicted molar refractivity (Wildman–Crippen MR) is 75.6 cm³/mol. The molecule has 102 valence electrons. The van der Waals surface area contributed by atoms with Crippen LogP contribution in [-0.2, 0) is 5.41 Å². The number of rotatable bonds is 7. The van der Waals surface area contributed by atoms with Crippen LogP contribution < -0.4 is 4.52 Å². The standard InChI is InChI=1S/C14H23O3P/c1-4-5-8-11-14(2,3)12-9-6-7-10-13(12)17-18(15)16/h6-7,9-10,15-16H,4-5,8,11H2,1-3H3. The first-order chi connectivity index (χ1) is 8.47. The molecule has 3 nitrogen and oxygen atoms in total. The summed E-state index contributed by atoms with van der Waals surface area (Å²) in [5, 5.41) is 0. The highest BCUT2D eigenvalue weighted by molar-refractivity contribution is 7.39. The zero-order valence-electron chi connectivity index (χ0n) is 11.4. The minimum Gasteiger partial charge on any atom is -0.427 e. The van der Waals surface area contributed by atoms with Gasteiger partial charge in [0.15, 0.2) is 0 Å². The molecular formula is C14H23O3P. The zero-order chi connectivity index (χ0) is 13.6. The lowest BCUT2D eigenvalue weighted by atomic mass is 9.79. The number of unbranched alkanes of at least 4 members (excludes halogenated alkanes) is 2. The fourth-order valence-corrected chi connectivity index (χ4v) is 2.48. The molecule has 0 saturated carbocycles. The summed E-state index contributed by atoms with van der Waals surface area (Å²) in [4.78, 5) is 18.0. The Balaban J connectivity index is 2.85. The fourth-order valence-electron chi connectivity index (χ4n) is 2.14. The van der Waals surface area contributed by atoms with E-state index in [0.29, 0.717) is 5.75 Å². The van der Waals surface area contributed by atoms with Crippen LogP contribution in [0.3, 0.4) is 0 Å². The van der Waals surface area contributed by atoms with Crippen LogP contribution in [-0.4, -0.2) is 9.79 Å². The minimum atomic E-state index is -2.36. The summed E-state index contributed by atoms with van der Waals surface area (Å²) in [7, 11) is -2.36. The number of para-hydroxylation sites is 1. The van der Waals surface area contributed by atoms with Crippen molar-refractivity contribution in [2.75, 3.05) is 0 Å². The Hall–Kier alpha value is -0.630. The van der Waals surface area contributed by atoms with Crippen molar-refractivity contribution in [3.05, 3.63) is 29.8 Å². The molecule has 18 heavy (non-hydrogen) atoms. The maximum absolute atomic E-state index is 9.01. The summed E-state index contributed by atoms with van der Waals surface area (Å²) in [5.74, 6) is 0.579. The van der Waals surface area contributed by atoms with Gasteiger partial charge in [-0.15, -0.1) is 0 Å². The van der Waals surface area contributed by atoms with Crippen LogP contribution >= 0.6 is 8.60 Å². The van der Waals surface area contributed by atoms with E-state index in [2.05, 4.69) is 20.8 Å². The molecule has 0 atom stereocenters. The SMILES string of the molecule is CCCCCC(C)(C)c1ccccc1OP(O)O. The van der Waals surface area contributed by atoms with E-state index in [9.17, 15) is 0 Å². The van der Waals surface area contributed by atoms with Crippen molar-refractivity contribution < 1.29 is 14.3 Å². The van der Waals surface area contributed by atoms with Gasteiger partial charge in [0.05, 0.1) is 0 Å². The molecule has 0 bridgehead atoms. The molecule has 0 spiro atoms. The molecule has 1 aromatic carbocycles. The highest BCUT2D eigenvalue weighted by atomic mass is 31.2. The highest BCUT2D eigenvalue weighted by Gasteiger charge is 2.24. The Labute approximate surface area is 111 Å². The van der Waals surface area contributed by atoms with Gasteiger partial charge in [0.25, 0.3) is 0 Å². The van der Waals surface area contributed by atoms with Gasteiger partial charge in [0.2, 0.25) is 0 Å². The maximum atomic E-state index is 9.01. The summed E-state index contributed by atoms with van der Waals surface area (Å²) < 4.78 is 5.11. The van der Waals surface area contributed by atoms with Crippen molar-refractivity contribution in [2.24, 2.45) is 0 Å². The van der Waals surface area contributed by atoms with Crippen LogP contribution in [0, 0.1) is 0 Å². The van der Waals surface area contributed by atoms with E-state index >= 15 is 0 Å². The summed E-state index contributed by atoms with van der Waals surface area (Å²) in [6.07, 6.45) is 4.66. The molecule has 0 aliphatic heterocycles. The molecule has 2 N–H and O–H groups in total. The highest BCUT2D eigenvalue weighted by Crippen LogP contribution is 2.39. The Kier molecular flexibility index (Phi) is 6.07. The summed E-state index contributed by atoms with van der Waals surface area (Å²) in [6.45, 7) is 6.53. The Bertz CT molecular complexity index is 364. The first-order valence-corrected chi connectivity index (χ1v) is 7.59. The van der Waals surface area contributed by atoms with Crippen molar-refractivity contribution in [2.45, 2.75) is 51.9 Å². The lowest BCUT2D eigenvalue weighted by Crippen LogP contribution is -2.18. The zero-order valence-corrected chi connectivity index (χ0v) is 12.3. The molecular weight excluding hydrogens is 247 g/mol. The van der Waals surface area contributed by atoms with Crippen molar-refractivity contribution in [1.29, 1.82) is 0 Å². The minimum absolute atomic E-state index is 0.0168. The van der Waals surface area contributed by atoms with Gasteiger partial charge >= 0.3 is 8.60 Å². The number of hydrogen-bond donors (Lipinski definition) is 2.